The van der Waals surface area contributed by atoms with Crippen molar-refractivity contribution in [2.45, 2.75) is 84.9 Å². The third kappa shape index (κ3) is 10.3. The Bertz CT molecular complexity index is 1040. The average Bonchev–Trinajstić information content (AvgIpc) is 2.89. The molecule has 0 aromatic heterocycles. The summed E-state index contributed by atoms with van der Waals surface area (Å²) in [6.45, 7) is 10.2. The molecule has 0 aliphatic rings. The molecule has 1 unspecified atom stereocenters. The van der Waals surface area contributed by atoms with Gasteiger partial charge in [-0.05, 0) is 47.6 Å². The van der Waals surface area contributed by atoms with Gasteiger partial charge in [0, 0.05) is 6.54 Å². The van der Waals surface area contributed by atoms with E-state index >= 15 is 0 Å². The van der Waals surface area contributed by atoms with Crippen LogP contribution >= 0.6 is 0 Å². The molecule has 8 nitrogen and oxygen atoms in total. The van der Waals surface area contributed by atoms with Crippen LogP contribution in [0.2, 0.25) is 0 Å². The van der Waals surface area contributed by atoms with Crippen LogP contribution in [-0.2, 0) is 14.4 Å². The summed E-state index contributed by atoms with van der Waals surface area (Å²) in [5.41, 5.74) is 0. The van der Waals surface area contributed by atoms with Crippen LogP contribution < -0.4 is 20.7 Å². The SMILES string of the molecule is CCCCNC(=O)C[C@H](O)[C@H](CC(C)C)NC(=O)[C@@H](NC(=O)COc1ccc2ccccc2c1)C(C)CC. The van der Waals surface area contributed by atoms with Gasteiger partial charge in [0.15, 0.2) is 6.61 Å². The number of carbonyl (C=O) groups is 3. The van der Waals surface area contributed by atoms with Gasteiger partial charge >= 0.3 is 0 Å². The summed E-state index contributed by atoms with van der Waals surface area (Å²) in [6.07, 6.45) is 1.87. The van der Waals surface area contributed by atoms with Crippen molar-refractivity contribution in [1.29, 1.82) is 0 Å². The van der Waals surface area contributed by atoms with E-state index in [1.54, 1.807) is 0 Å². The van der Waals surface area contributed by atoms with E-state index in [0.717, 1.165) is 23.6 Å². The van der Waals surface area contributed by atoms with Crippen molar-refractivity contribution in [2.75, 3.05) is 13.2 Å². The molecule has 0 aliphatic carbocycles. The highest BCUT2D eigenvalue weighted by Crippen LogP contribution is 2.20. The molecule has 2 rings (SSSR count). The maximum Gasteiger partial charge on any atom is 0.258 e. The van der Waals surface area contributed by atoms with Gasteiger partial charge in [0.25, 0.3) is 5.91 Å². The maximum absolute atomic E-state index is 13.3. The number of fused-ring (bicyclic) bond motifs is 1. The number of rotatable bonds is 16. The van der Waals surface area contributed by atoms with Gasteiger partial charge < -0.3 is 25.8 Å². The molecule has 2 aromatic rings. The molecule has 0 spiro atoms. The number of amides is 3. The van der Waals surface area contributed by atoms with Crippen LogP contribution in [0.15, 0.2) is 42.5 Å². The van der Waals surface area contributed by atoms with Crippen LogP contribution in [0.1, 0.15) is 66.7 Å². The van der Waals surface area contributed by atoms with Gasteiger partial charge in [-0.1, -0.05) is 77.8 Å². The fraction of sp³-hybridized carbons (Fsp3) is 0.567. The van der Waals surface area contributed by atoms with Gasteiger partial charge in [0.1, 0.15) is 11.8 Å². The zero-order valence-corrected chi connectivity index (χ0v) is 23.5. The fourth-order valence-corrected chi connectivity index (χ4v) is 4.22. The number of benzene rings is 2. The summed E-state index contributed by atoms with van der Waals surface area (Å²) in [4.78, 5) is 38.3. The van der Waals surface area contributed by atoms with Crippen molar-refractivity contribution >= 4 is 28.5 Å². The lowest BCUT2D eigenvalue weighted by atomic mass is 9.94. The Morgan fingerprint density at radius 3 is 2.32 bits per heavy atom. The van der Waals surface area contributed by atoms with Crippen LogP contribution in [0.3, 0.4) is 0 Å². The number of aliphatic hydroxyl groups excluding tert-OH is 1. The van der Waals surface area contributed by atoms with Crippen molar-refractivity contribution < 1.29 is 24.2 Å². The van der Waals surface area contributed by atoms with Crippen molar-refractivity contribution in [2.24, 2.45) is 11.8 Å². The third-order valence-corrected chi connectivity index (χ3v) is 6.67. The van der Waals surface area contributed by atoms with E-state index in [1.165, 1.54) is 0 Å². The Balaban J connectivity index is 2.01. The first-order chi connectivity index (χ1) is 18.1. The molecule has 0 aliphatic heterocycles. The predicted octanol–water partition coefficient (Wildman–Crippen LogP) is 3.95. The molecule has 0 saturated heterocycles. The van der Waals surface area contributed by atoms with Crippen LogP contribution in [-0.4, -0.2) is 54.2 Å². The van der Waals surface area contributed by atoms with Crippen LogP contribution in [0.5, 0.6) is 5.75 Å². The molecule has 4 atom stereocenters. The average molecular weight is 528 g/mol. The van der Waals surface area contributed by atoms with Crippen molar-refractivity contribution in [3.63, 3.8) is 0 Å². The highest BCUT2D eigenvalue weighted by atomic mass is 16.5. The number of hydrogen-bond acceptors (Lipinski definition) is 5. The third-order valence-electron chi connectivity index (χ3n) is 6.67. The largest absolute Gasteiger partial charge is 0.484 e. The maximum atomic E-state index is 13.3. The lowest BCUT2D eigenvalue weighted by Crippen LogP contribution is -2.56. The number of nitrogens with one attached hydrogen (secondary N) is 3. The predicted molar refractivity (Wildman–Crippen MR) is 151 cm³/mol. The number of unbranched alkanes of at least 4 members (excludes halogenated alkanes) is 1. The number of hydrogen-bond donors (Lipinski definition) is 4. The van der Waals surface area contributed by atoms with Crippen LogP contribution in [0, 0.1) is 11.8 Å². The van der Waals surface area contributed by atoms with Gasteiger partial charge in [-0.3, -0.25) is 14.4 Å². The second kappa shape index (κ2) is 16.0. The molecule has 8 heteroatoms. The monoisotopic (exact) mass is 527 g/mol. The molecule has 3 amide bonds. The van der Waals surface area contributed by atoms with Crippen molar-refractivity contribution in [3.05, 3.63) is 42.5 Å². The smallest absolute Gasteiger partial charge is 0.258 e. The Hall–Kier alpha value is -3.13. The second-order valence-electron chi connectivity index (χ2n) is 10.4. The van der Waals surface area contributed by atoms with Crippen molar-refractivity contribution in [1.82, 2.24) is 16.0 Å². The van der Waals surface area contributed by atoms with E-state index in [0.29, 0.717) is 25.1 Å². The molecule has 0 heterocycles. The van der Waals surface area contributed by atoms with E-state index in [9.17, 15) is 19.5 Å². The molecule has 2 aromatic carbocycles. The lowest BCUT2D eigenvalue weighted by Gasteiger charge is -2.30. The van der Waals surface area contributed by atoms with E-state index in [2.05, 4.69) is 16.0 Å². The summed E-state index contributed by atoms with van der Waals surface area (Å²) >= 11 is 0. The Kier molecular flexibility index (Phi) is 13.1. The highest BCUT2D eigenvalue weighted by molar-refractivity contribution is 5.89. The summed E-state index contributed by atoms with van der Waals surface area (Å²) in [5.74, 6) is -0.421. The summed E-state index contributed by atoms with van der Waals surface area (Å²) in [6, 6.07) is 12.1. The molecule has 38 heavy (non-hydrogen) atoms. The second-order valence-corrected chi connectivity index (χ2v) is 10.4. The Labute approximate surface area is 226 Å². The first kappa shape index (κ1) is 31.1. The molecule has 210 valence electrons. The highest BCUT2D eigenvalue weighted by Gasteiger charge is 2.31. The first-order valence-electron chi connectivity index (χ1n) is 13.8. The van der Waals surface area contributed by atoms with Gasteiger partial charge in [-0.15, -0.1) is 0 Å². The molecule has 0 radical (unpaired) electrons. The van der Waals surface area contributed by atoms with E-state index in [4.69, 9.17) is 4.74 Å². The fourth-order valence-electron chi connectivity index (χ4n) is 4.22. The van der Waals surface area contributed by atoms with E-state index < -0.39 is 24.1 Å². The molecule has 0 saturated carbocycles. The summed E-state index contributed by atoms with van der Waals surface area (Å²) in [7, 11) is 0. The Morgan fingerprint density at radius 2 is 1.66 bits per heavy atom. The molecular weight excluding hydrogens is 482 g/mol. The van der Waals surface area contributed by atoms with Gasteiger partial charge in [0.05, 0.1) is 18.6 Å². The summed E-state index contributed by atoms with van der Waals surface area (Å²) < 4.78 is 5.70. The Morgan fingerprint density at radius 1 is 0.947 bits per heavy atom. The molecule has 0 bridgehead atoms. The van der Waals surface area contributed by atoms with Crippen LogP contribution in [0.25, 0.3) is 10.8 Å². The first-order valence-corrected chi connectivity index (χ1v) is 13.8. The lowest BCUT2D eigenvalue weighted by molar-refractivity contribution is -0.132. The number of ether oxygens (including phenoxy) is 1. The molecule has 0 fully saturated rings. The quantitative estimate of drug-likeness (QED) is 0.247. The normalized spacial score (nSPS) is 14.4. The van der Waals surface area contributed by atoms with Gasteiger partial charge in [-0.25, -0.2) is 0 Å². The van der Waals surface area contributed by atoms with Gasteiger partial charge in [-0.2, -0.15) is 0 Å². The van der Waals surface area contributed by atoms with E-state index in [-0.39, 0.29) is 36.7 Å². The standard InChI is InChI=1S/C30H45N3O5/c1-6-8-15-31-27(35)18-26(34)25(16-20(3)4)32-30(37)29(21(5)7-2)33-28(36)19-38-24-14-13-22-11-9-10-12-23(22)17-24/h9-14,17,20-21,25-26,29,34H,6-8,15-16,18-19H2,1-5H3,(H,31,35)(H,32,37)(H,33,36)/t21?,25-,26-,29-/m0/s1. The number of aliphatic hydroxyl groups is 1. The minimum absolute atomic E-state index is 0.0959. The minimum Gasteiger partial charge on any atom is -0.484 e. The molecule has 4 N–H and O–H groups in total. The van der Waals surface area contributed by atoms with Crippen molar-refractivity contribution in [3.8, 4) is 5.75 Å². The summed E-state index contributed by atoms with van der Waals surface area (Å²) in [5, 5.41) is 21.4. The zero-order chi connectivity index (χ0) is 28.1. The van der Waals surface area contributed by atoms with Gasteiger partial charge in [0.2, 0.25) is 11.8 Å². The topological polar surface area (TPSA) is 117 Å². The molecular formula is C30H45N3O5. The minimum atomic E-state index is -1.03. The number of carbonyl (C=O) groups excluding carboxylic acids is 3. The van der Waals surface area contributed by atoms with Crippen LogP contribution in [0.4, 0.5) is 0 Å². The van der Waals surface area contributed by atoms with E-state index in [1.807, 2.05) is 77.1 Å². The zero-order valence-electron chi connectivity index (χ0n) is 23.5.